The minimum atomic E-state index is -0.692. The van der Waals surface area contributed by atoms with Gasteiger partial charge in [-0.2, -0.15) is 0 Å². The largest absolute Gasteiger partial charge is 0.443 e. The molecule has 0 unspecified atom stereocenters. The van der Waals surface area contributed by atoms with Gasteiger partial charge >= 0.3 is 6.09 Å². The summed E-state index contributed by atoms with van der Waals surface area (Å²) in [6.45, 7) is 5.31. The van der Waals surface area contributed by atoms with Crippen molar-refractivity contribution in [2.24, 2.45) is 0 Å². The first-order valence-corrected chi connectivity index (χ1v) is 9.74. The number of anilines is 1. The predicted molar refractivity (Wildman–Crippen MR) is 115 cm³/mol. The van der Waals surface area contributed by atoms with Crippen LogP contribution in [0.2, 0.25) is 0 Å². The number of ether oxygens (including phenoxy) is 1. The molecule has 1 aliphatic heterocycles. The molecule has 0 fully saturated rings. The van der Waals surface area contributed by atoms with E-state index in [0.717, 1.165) is 4.90 Å². The molecule has 2 heterocycles. The molecule has 2 amide bonds. The third-order valence-corrected chi connectivity index (χ3v) is 4.96. The lowest BCUT2D eigenvalue weighted by Crippen LogP contribution is -2.31. The molecular formula is C23H19ClN2O4. The van der Waals surface area contributed by atoms with Gasteiger partial charge in [-0.1, -0.05) is 48.0 Å². The van der Waals surface area contributed by atoms with Crippen LogP contribution in [0.3, 0.4) is 0 Å². The second-order valence-corrected chi connectivity index (χ2v) is 8.26. The molecule has 0 spiro atoms. The van der Waals surface area contributed by atoms with Gasteiger partial charge in [0.1, 0.15) is 10.6 Å². The molecule has 0 aliphatic carbocycles. The minimum Gasteiger partial charge on any atom is -0.443 e. The van der Waals surface area contributed by atoms with Crippen LogP contribution in [-0.4, -0.2) is 28.1 Å². The second kappa shape index (κ2) is 7.15. The molecule has 0 N–H and O–H groups in total. The van der Waals surface area contributed by atoms with Gasteiger partial charge in [0.05, 0.1) is 16.8 Å². The van der Waals surface area contributed by atoms with Crippen LogP contribution in [0.1, 0.15) is 26.3 Å². The standard InChI is InChI=1S/C23H19ClN2O4/c1-23(2,3)30-22(29)25-13-16(15-11-7-8-12-17(15)25)18-19(24)21(28)26(20(18)27)14-9-5-4-6-10-14/h4-13H,1-3H3. The van der Waals surface area contributed by atoms with Crippen molar-refractivity contribution in [2.75, 3.05) is 4.90 Å². The van der Waals surface area contributed by atoms with Crippen LogP contribution in [0, 0.1) is 0 Å². The number of fused-ring (bicyclic) bond motifs is 1. The molecule has 152 valence electrons. The van der Waals surface area contributed by atoms with Crippen molar-refractivity contribution in [1.29, 1.82) is 0 Å². The highest BCUT2D eigenvalue weighted by Crippen LogP contribution is 2.38. The Morgan fingerprint density at radius 1 is 0.933 bits per heavy atom. The number of para-hydroxylation sites is 2. The number of hydrogen-bond acceptors (Lipinski definition) is 4. The third-order valence-electron chi connectivity index (χ3n) is 4.61. The monoisotopic (exact) mass is 422 g/mol. The van der Waals surface area contributed by atoms with Gasteiger partial charge in [0, 0.05) is 17.1 Å². The molecular weight excluding hydrogens is 404 g/mol. The fourth-order valence-corrected chi connectivity index (χ4v) is 3.66. The average molecular weight is 423 g/mol. The number of rotatable bonds is 2. The highest BCUT2D eigenvalue weighted by molar-refractivity contribution is 6.60. The van der Waals surface area contributed by atoms with E-state index in [0.29, 0.717) is 22.2 Å². The molecule has 30 heavy (non-hydrogen) atoms. The molecule has 7 heteroatoms. The van der Waals surface area contributed by atoms with E-state index in [2.05, 4.69) is 0 Å². The summed E-state index contributed by atoms with van der Waals surface area (Å²) < 4.78 is 6.82. The number of nitrogens with zero attached hydrogens (tertiary/aromatic N) is 2. The van der Waals surface area contributed by atoms with Crippen molar-refractivity contribution in [2.45, 2.75) is 26.4 Å². The lowest BCUT2D eigenvalue weighted by Gasteiger charge is -2.19. The topological polar surface area (TPSA) is 68.6 Å². The number of carbonyl (C=O) groups is 3. The molecule has 2 aromatic carbocycles. The van der Waals surface area contributed by atoms with Gasteiger partial charge in [-0.15, -0.1) is 0 Å². The fraction of sp³-hybridized carbons (Fsp3) is 0.174. The summed E-state index contributed by atoms with van der Waals surface area (Å²) in [4.78, 5) is 39.8. The molecule has 3 aromatic rings. The van der Waals surface area contributed by atoms with Crippen molar-refractivity contribution >= 4 is 51.7 Å². The van der Waals surface area contributed by atoms with Crippen molar-refractivity contribution < 1.29 is 19.1 Å². The Hall–Kier alpha value is -3.38. The normalized spacial score (nSPS) is 14.7. The van der Waals surface area contributed by atoms with Gasteiger partial charge in [-0.3, -0.25) is 14.2 Å². The minimum absolute atomic E-state index is 0.0593. The molecule has 0 radical (unpaired) electrons. The molecule has 0 saturated heterocycles. The SMILES string of the molecule is CC(C)(C)OC(=O)n1cc(C2=C(Cl)C(=O)N(c3ccccc3)C2=O)c2ccccc21. The summed E-state index contributed by atoms with van der Waals surface area (Å²) in [5, 5.41) is 0.434. The third kappa shape index (κ3) is 3.29. The van der Waals surface area contributed by atoms with E-state index < -0.39 is 23.5 Å². The lowest BCUT2D eigenvalue weighted by atomic mass is 10.1. The van der Waals surface area contributed by atoms with E-state index >= 15 is 0 Å². The van der Waals surface area contributed by atoms with E-state index in [1.165, 1.54) is 10.8 Å². The Kier molecular flexibility index (Phi) is 4.74. The van der Waals surface area contributed by atoms with Crippen LogP contribution in [0.5, 0.6) is 0 Å². The number of aromatic nitrogens is 1. The zero-order chi connectivity index (χ0) is 21.6. The number of halogens is 1. The highest BCUT2D eigenvalue weighted by Gasteiger charge is 2.40. The molecule has 0 bridgehead atoms. The summed E-state index contributed by atoms with van der Waals surface area (Å²) in [6.07, 6.45) is 0.911. The first-order valence-electron chi connectivity index (χ1n) is 9.36. The van der Waals surface area contributed by atoms with E-state index in [1.54, 1.807) is 75.4 Å². The second-order valence-electron chi connectivity index (χ2n) is 7.88. The number of amides is 2. The lowest BCUT2D eigenvalue weighted by molar-refractivity contribution is -0.119. The number of hydrogen-bond donors (Lipinski definition) is 0. The predicted octanol–water partition coefficient (Wildman–Crippen LogP) is 4.95. The first kappa shape index (κ1) is 19.9. The Morgan fingerprint density at radius 2 is 1.57 bits per heavy atom. The first-order chi connectivity index (χ1) is 14.2. The molecule has 0 saturated carbocycles. The smallest absolute Gasteiger partial charge is 0.419 e. The van der Waals surface area contributed by atoms with Crippen LogP contribution in [0.4, 0.5) is 10.5 Å². The average Bonchev–Trinajstić information content (AvgIpc) is 3.17. The fourth-order valence-electron chi connectivity index (χ4n) is 3.39. The van der Waals surface area contributed by atoms with Crippen LogP contribution < -0.4 is 4.90 Å². The zero-order valence-electron chi connectivity index (χ0n) is 16.7. The van der Waals surface area contributed by atoms with Gasteiger partial charge in [-0.25, -0.2) is 9.69 Å². The summed E-state index contributed by atoms with van der Waals surface area (Å²) in [5.74, 6) is -1.14. The quantitative estimate of drug-likeness (QED) is 0.548. The maximum Gasteiger partial charge on any atom is 0.419 e. The summed E-state index contributed by atoms with van der Waals surface area (Å²) in [6, 6.07) is 15.7. The Morgan fingerprint density at radius 3 is 2.23 bits per heavy atom. The van der Waals surface area contributed by atoms with Crippen LogP contribution >= 0.6 is 11.6 Å². The number of carbonyl (C=O) groups excluding carboxylic acids is 3. The summed E-state index contributed by atoms with van der Waals surface area (Å²) in [5.41, 5.74) is 0.749. The van der Waals surface area contributed by atoms with Gasteiger partial charge in [0.25, 0.3) is 11.8 Å². The highest BCUT2D eigenvalue weighted by atomic mass is 35.5. The van der Waals surface area contributed by atoms with Crippen LogP contribution in [0.25, 0.3) is 16.5 Å². The molecule has 1 aliphatic rings. The van der Waals surface area contributed by atoms with E-state index in [9.17, 15) is 14.4 Å². The number of benzene rings is 2. The molecule has 0 atom stereocenters. The van der Waals surface area contributed by atoms with Crippen molar-refractivity contribution in [1.82, 2.24) is 4.57 Å². The van der Waals surface area contributed by atoms with Gasteiger partial charge in [0.15, 0.2) is 0 Å². The maximum absolute atomic E-state index is 13.2. The summed E-state index contributed by atoms with van der Waals surface area (Å²) >= 11 is 6.34. The van der Waals surface area contributed by atoms with Crippen molar-refractivity contribution in [3.8, 4) is 0 Å². The zero-order valence-corrected chi connectivity index (χ0v) is 17.4. The van der Waals surface area contributed by atoms with Crippen LogP contribution in [-0.2, 0) is 14.3 Å². The van der Waals surface area contributed by atoms with Crippen molar-refractivity contribution in [3.63, 3.8) is 0 Å². The van der Waals surface area contributed by atoms with Gasteiger partial charge in [-0.05, 0) is 39.0 Å². The maximum atomic E-state index is 13.2. The Bertz CT molecular complexity index is 1220. The Labute approximate surface area is 178 Å². The van der Waals surface area contributed by atoms with Gasteiger partial charge in [0.2, 0.25) is 0 Å². The van der Waals surface area contributed by atoms with E-state index in [-0.39, 0.29) is 10.6 Å². The van der Waals surface area contributed by atoms with Gasteiger partial charge < -0.3 is 4.74 Å². The number of imide groups is 1. The van der Waals surface area contributed by atoms with E-state index in [1.807, 2.05) is 0 Å². The van der Waals surface area contributed by atoms with Crippen LogP contribution in [0.15, 0.2) is 65.8 Å². The molecule has 6 nitrogen and oxygen atoms in total. The molecule has 4 rings (SSSR count). The van der Waals surface area contributed by atoms with E-state index in [4.69, 9.17) is 16.3 Å². The summed E-state index contributed by atoms with van der Waals surface area (Å²) in [7, 11) is 0. The molecule has 1 aromatic heterocycles. The Balaban J connectivity index is 1.85. The van der Waals surface area contributed by atoms with Crippen molar-refractivity contribution in [3.05, 3.63) is 71.4 Å².